The van der Waals surface area contributed by atoms with E-state index in [-0.39, 0.29) is 16.3 Å². The van der Waals surface area contributed by atoms with Gasteiger partial charge in [0.2, 0.25) is 11.6 Å². The Kier molecular flexibility index (Phi) is 6.13. The van der Waals surface area contributed by atoms with Crippen molar-refractivity contribution in [2.24, 2.45) is 0 Å². The number of tetrazole rings is 1. The van der Waals surface area contributed by atoms with E-state index in [0.717, 1.165) is 39.9 Å². The van der Waals surface area contributed by atoms with E-state index in [9.17, 15) is 22.7 Å². The number of halogens is 1. The van der Waals surface area contributed by atoms with Crippen LogP contribution in [0.15, 0.2) is 78.0 Å². The fraction of sp³-hybridized carbons (Fsp3) is 0.0909. The van der Waals surface area contributed by atoms with Gasteiger partial charge in [0, 0.05) is 24.0 Å². The van der Waals surface area contributed by atoms with Crippen LogP contribution in [0.5, 0.6) is 0 Å². The Morgan fingerprint density at radius 1 is 1.06 bits per heavy atom. The van der Waals surface area contributed by atoms with Crippen molar-refractivity contribution >= 4 is 21.6 Å². The van der Waals surface area contributed by atoms with E-state index in [2.05, 4.69) is 20.6 Å². The quantitative estimate of drug-likeness (QED) is 0.231. The second-order valence-corrected chi connectivity index (χ2v) is 8.94. The standard InChI is InChI=1S/C22H18FN5O4S/c23-17-8-10-18(11-9-17)33(31,32)28-13-16(7-6-15-4-2-1-3-5-15)19(14-28)20(29)12-21(30)22-24-26-27-25-22/h1-5,8-14,29H,6-7H2,(H,24,25,26,27). The number of aromatic nitrogens is 5. The molecule has 0 unspecified atom stereocenters. The summed E-state index contributed by atoms with van der Waals surface area (Å²) in [5.74, 6) is -1.96. The lowest BCUT2D eigenvalue weighted by Gasteiger charge is -2.05. The number of benzene rings is 2. The molecule has 4 rings (SSSR count). The summed E-state index contributed by atoms with van der Waals surface area (Å²) in [6.45, 7) is 0. The SMILES string of the molecule is O=C(C=C(O)c1cn(S(=O)(=O)c2ccc(F)cc2)cc1CCc1ccccc1)c1nn[nH]n1. The molecule has 0 saturated carbocycles. The molecule has 4 aromatic rings. The van der Waals surface area contributed by atoms with Crippen molar-refractivity contribution in [3.05, 3.63) is 101 Å². The number of aliphatic hydroxyl groups is 1. The molecule has 0 amide bonds. The van der Waals surface area contributed by atoms with Crippen LogP contribution in [0.2, 0.25) is 0 Å². The molecule has 11 heteroatoms. The first-order valence-electron chi connectivity index (χ1n) is 9.79. The van der Waals surface area contributed by atoms with E-state index in [0.29, 0.717) is 18.4 Å². The van der Waals surface area contributed by atoms with Gasteiger partial charge in [0.15, 0.2) is 0 Å². The molecule has 0 spiro atoms. The number of nitrogens with zero attached hydrogens (tertiary/aromatic N) is 4. The Balaban J connectivity index is 1.72. The summed E-state index contributed by atoms with van der Waals surface area (Å²) in [4.78, 5) is 12.1. The van der Waals surface area contributed by atoms with Crippen LogP contribution in [0.3, 0.4) is 0 Å². The van der Waals surface area contributed by atoms with Crippen molar-refractivity contribution in [2.75, 3.05) is 0 Å². The number of carbonyl (C=O) groups is 1. The summed E-state index contributed by atoms with van der Waals surface area (Å²) < 4.78 is 40.3. The number of ketones is 1. The average molecular weight is 467 g/mol. The van der Waals surface area contributed by atoms with Crippen molar-refractivity contribution in [3.8, 4) is 0 Å². The first kappa shape index (κ1) is 22.1. The van der Waals surface area contributed by atoms with Gasteiger partial charge in [-0.2, -0.15) is 5.21 Å². The van der Waals surface area contributed by atoms with Crippen LogP contribution in [0.4, 0.5) is 4.39 Å². The van der Waals surface area contributed by atoms with Gasteiger partial charge in [-0.3, -0.25) is 4.79 Å². The van der Waals surface area contributed by atoms with Crippen LogP contribution < -0.4 is 0 Å². The van der Waals surface area contributed by atoms with Crippen LogP contribution in [0, 0.1) is 5.82 Å². The second-order valence-electron chi connectivity index (χ2n) is 7.10. The zero-order valence-corrected chi connectivity index (χ0v) is 17.9. The van der Waals surface area contributed by atoms with E-state index in [1.807, 2.05) is 30.3 Å². The van der Waals surface area contributed by atoms with Crippen molar-refractivity contribution in [2.45, 2.75) is 17.7 Å². The topological polar surface area (TPSA) is 131 Å². The van der Waals surface area contributed by atoms with E-state index in [1.54, 1.807) is 0 Å². The maximum Gasteiger partial charge on any atom is 0.267 e. The van der Waals surface area contributed by atoms with Crippen LogP contribution >= 0.6 is 0 Å². The third-order valence-electron chi connectivity index (χ3n) is 4.91. The van der Waals surface area contributed by atoms with Gasteiger partial charge in [-0.25, -0.2) is 16.8 Å². The summed E-state index contributed by atoms with van der Waals surface area (Å²) >= 11 is 0. The van der Waals surface area contributed by atoms with Crippen LogP contribution in [-0.4, -0.2) is 43.9 Å². The number of aromatic amines is 1. The van der Waals surface area contributed by atoms with Crippen molar-refractivity contribution in [1.29, 1.82) is 0 Å². The minimum absolute atomic E-state index is 0.119. The molecule has 0 bridgehead atoms. The molecule has 2 N–H and O–H groups in total. The molecule has 0 saturated heterocycles. The van der Waals surface area contributed by atoms with Crippen molar-refractivity contribution in [1.82, 2.24) is 24.6 Å². The molecule has 0 atom stereocenters. The Labute approximate surface area is 188 Å². The molecular formula is C22H18FN5O4S. The Hall–Kier alpha value is -4.12. The maximum atomic E-state index is 13.3. The van der Waals surface area contributed by atoms with Crippen LogP contribution in [0.25, 0.3) is 5.76 Å². The van der Waals surface area contributed by atoms with E-state index in [1.165, 1.54) is 12.4 Å². The third kappa shape index (κ3) is 4.88. The molecule has 9 nitrogen and oxygen atoms in total. The third-order valence-corrected chi connectivity index (χ3v) is 6.54. The number of nitrogens with one attached hydrogen (secondary N) is 1. The van der Waals surface area contributed by atoms with E-state index in [4.69, 9.17) is 0 Å². The number of rotatable bonds is 8. The van der Waals surface area contributed by atoms with Gasteiger partial charge in [-0.1, -0.05) is 30.3 Å². The Bertz CT molecular complexity index is 1400. The normalized spacial score (nSPS) is 12.1. The van der Waals surface area contributed by atoms with Gasteiger partial charge < -0.3 is 5.11 Å². The number of carbonyl (C=O) groups excluding carboxylic acids is 1. The zero-order chi connectivity index (χ0) is 23.4. The van der Waals surface area contributed by atoms with Gasteiger partial charge in [0.1, 0.15) is 11.6 Å². The fourth-order valence-corrected chi connectivity index (χ4v) is 4.46. The lowest BCUT2D eigenvalue weighted by molar-refractivity contribution is 0.103. The molecule has 0 fully saturated rings. The van der Waals surface area contributed by atoms with Gasteiger partial charge in [-0.15, -0.1) is 10.2 Å². The highest BCUT2D eigenvalue weighted by Crippen LogP contribution is 2.25. The highest BCUT2D eigenvalue weighted by Gasteiger charge is 2.22. The van der Waals surface area contributed by atoms with Crippen LogP contribution in [0.1, 0.15) is 27.3 Å². The first-order valence-corrected chi connectivity index (χ1v) is 11.2. The molecule has 168 valence electrons. The largest absolute Gasteiger partial charge is 0.507 e. The number of H-pyrrole nitrogens is 1. The zero-order valence-electron chi connectivity index (χ0n) is 17.1. The minimum Gasteiger partial charge on any atom is -0.507 e. The first-order chi connectivity index (χ1) is 15.8. The molecule has 2 heterocycles. The fourth-order valence-electron chi connectivity index (χ4n) is 3.22. The lowest BCUT2D eigenvalue weighted by atomic mass is 10.0. The molecule has 0 aliphatic heterocycles. The van der Waals surface area contributed by atoms with Crippen molar-refractivity contribution < 1.29 is 22.7 Å². The highest BCUT2D eigenvalue weighted by atomic mass is 32.2. The Morgan fingerprint density at radius 2 is 1.79 bits per heavy atom. The predicted octanol–water partition coefficient (Wildman–Crippen LogP) is 2.94. The smallest absolute Gasteiger partial charge is 0.267 e. The molecule has 2 aromatic carbocycles. The predicted molar refractivity (Wildman–Crippen MR) is 116 cm³/mol. The number of hydrogen-bond acceptors (Lipinski definition) is 7. The summed E-state index contributed by atoms with van der Waals surface area (Å²) in [6.07, 6.45) is 4.45. The Morgan fingerprint density at radius 3 is 2.45 bits per heavy atom. The van der Waals surface area contributed by atoms with Crippen LogP contribution in [-0.2, 0) is 22.9 Å². The summed E-state index contributed by atoms with van der Waals surface area (Å²) in [6, 6.07) is 13.9. The average Bonchev–Trinajstić information content (AvgIpc) is 3.49. The molecule has 33 heavy (non-hydrogen) atoms. The van der Waals surface area contributed by atoms with E-state index < -0.39 is 27.4 Å². The minimum atomic E-state index is -4.06. The van der Waals surface area contributed by atoms with Gasteiger partial charge in [0.25, 0.3) is 10.0 Å². The number of allylic oxidation sites excluding steroid dienone is 1. The van der Waals surface area contributed by atoms with Gasteiger partial charge in [0.05, 0.1) is 4.90 Å². The van der Waals surface area contributed by atoms with Crippen molar-refractivity contribution in [3.63, 3.8) is 0 Å². The molecule has 0 radical (unpaired) electrons. The highest BCUT2D eigenvalue weighted by molar-refractivity contribution is 7.90. The molecule has 0 aliphatic rings. The molecule has 0 aliphatic carbocycles. The van der Waals surface area contributed by atoms with E-state index >= 15 is 0 Å². The summed E-state index contributed by atoms with van der Waals surface area (Å²) in [7, 11) is -4.06. The number of aliphatic hydroxyl groups excluding tert-OH is 1. The number of aryl methyl sites for hydroxylation is 2. The molecule has 2 aromatic heterocycles. The monoisotopic (exact) mass is 467 g/mol. The van der Waals surface area contributed by atoms with Gasteiger partial charge in [-0.05, 0) is 53.4 Å². The molecular weight excluding hydrogens is 449 g/mol. The lowest BCUT2D eigenvalue weighted by Crippen LogP contribution is -2.11. The summed E-state index contributed by atoms with van der Waals surface area (Å²) in [5, 5.41) is 23.2. The maximum absolute atomic E-state index is 13.3. The number of hydrogen-bond donors (Lipinski definition) is 2. The van der Waals surface area contributed by atoms with Gasteiger partial charge >= 0.3 is 0 Å². The second kappa shape index (κ2) is 9.17. The summed E-state index contributed by atoms with van der Waals surface area (Å²) in [5.41, 5.74) is 1.68.